The molecule has 0 aliphatic rings. The summed E-state index contributed by atoms with van der Waals surface area (Å²) in [7, 11) is 0. The van der Waals surface area contributed by atoms with E-state index in [2.05, 4.69) is 10.5 Å². The van der Waals surface area contributed by atoms with Crippen LogP contribution in [0.25, 0.3) is 0 Å². The molecule has 3 aromatic carbocycles. The number of carbonyl (C=O) groups is 2. The molecular weight excluding hydrogens is 450 g/mol. The van der Waals surface area contributed by atoms with Gasteiger partial charge in [-0.15, -0.1) is 0 Å². The molecule has 10 heteroatoms. The zero-order chi connectivity index (χ0) is 23.8. The first kappa shape index (κ1) is 23.4. The summed E-state index contributed by atoms with van der Waals surface area (Å²) in [6, 6.07) is 16.6. The van der Waals surface area contributed by atoms with Gasteiger partial charge in [0.25, 0.3) is 11.6 Å². The smallest absolute Gasteiger partial charge is 0.343 e. The molecule has 0 aliphatic carbocycles. The van der Waals surface area contributed by atoms with Crippen LogP contribution in [0.1, 0.15) is 21.5 Å². The van der Waals surface area contributed by atoms with Crippen molar-refractivity contribution in [2.45, 2.75) is 6.92 Å². The average molecular weight is 468 g/mol. The molecule has 0 spiro atoms. The Kier molecular flexibility index (Phi) is 7.72. The molecule has 0 aromatic heterocycles. The topological polar surface area (TPSA) is 120 Å². The molecule has 0 saturated carbocycles. The van der Waals surface area contributed by atoms with Crippen LogP contribution in [-0.4, -0.2) is 29.6 Å². The van der Waals surface area contributed by atoms with Gasteiger partial charge in [0.1, 0.15) is 11.5 Å². The SMILES string of the molecule is Cc1cc(OCC(=O)N/N=C\c2ccc(OC(=O)c3ccc([N+](=O)[O-])cc3)cc2)ccc1Cl. The predicted octanol–water partition coefficient (Wildman–Crippen LogP) is 4.30. The summed E-state index contributed by atoms with van der Waals surface area (Å²) in [5.41, 5.74) is 3.92. The summed E-state index contributed by atoms with van der Waals surface area (Å²) in [6.45, 7) is 1.62. The summed E-state index contributed by atoms with van der Waals surface area (Å²) < 4.78 is 10.6. The molecule has 168 valence electrons. The van der Waals surface area contributed by atoms with E-state index in [1.54, 1.807) is 42.5 Å². The number of nitrogens with zero attached hydrogens (tertiary/aromatic N) is 2. The summed E-state index contributed by atoms with van der Waals surface area (Å²) in [4.78, 5) is 34.1. The lowest BCUT2D eigenvalue weighted by Gasteiger charge is -2.06. The number of benzene rings is 3. The van der Waals surface area contributed by atoms with Crippen LogP contribution >= 0.6 is 11.6 Å². The molecule has 1 N–H and O–H groups in total. The molecule has 0 aliphatic heterocycles. The minimum atomic E-state index is -0.644. The standard InChI is InChI=1S/C23H18ClN3O6/c1-15-12-20(10-11-21(15)24)32-14-22(28)26-25-13-16-2-8-19(9-3-16)33-23(29)17-4-6-18(7-5-17)27(30)31/h2-13H,14H2,1H3,(H,26,28)/b25-13-. The Morgan fingerprint density at radius 1 is 1.06 bits per heavy atom. The number of amides is 1. The van der Waals surface area contributed by atoms with Crippen LogP contribution < -0.4 is 14.9 Å². The third kappa shape index (κ3) is 6.88. The van der Waals surface area contributed by atoms with Gasteiger partial charge in [-0.3, -0.25) is 14.9 Å². The molecular formula is C23H18ClN3O6. The quantitative estimate of drug-likeness (QED) is 0.173. The lowest BCUT2D eigenvalue weighted by Crippen LogP contribution is -2.24. The highest BCUT2D eigenvalue weighted by Gasteiger charge is 2.11. The van der Waals surface area contributed by atoms with E-state index in [0.29, 0.717) is 16.3 Å². The normalized spacial score (nSPS) is 10.6. The van der Waals surface area contributed by atoms with Crippen LogP contribution in [0.3, 0.4) is 0 Å². The van der Waals surface area contributed by atoms with Crippen molar-refractivity contribution in [2.24, 2.45) is 5.10 Å². The second-order valence-corrected chi connectivity index (χ2v) is 7.16. The van der Waals surface area contributed by atoms with Crippen LogP contribution in [0.15, 0.2) is 71.8 Å². The lowest BCUT2D eigenvalue weighted by molar-refractivity contribution is -0.384. The first-order valence-electron chi connectivity index (χ1n) is 9.59. The van der Waals surface area contributed by atoms with Crippen molar-refractivity contribution >= 4 is 35.4 Å². The molecule has 0 radical (unpaired) electrons. The van der Waals surface area contributed by atoms with Crippen molar-refractivity contribution < 1.29 is 24.0 Å². The molecule has 9 nitrogen and oxygen atoms in total. The molecule has 0 atom stereocenters. The number of nitro benzene ring substituents is 1. The molecule has 0 bridgehead atoms. The second kappa shape index (κ2) is 10.9. The minimum absolute atomic E-state index is 0.117. The van der Waals surface area contributed by atoms with Gasteiger partial charge in [0, 0.05) is 17.2 Å². The Bertz CT molecular complexity index is 1190. The zero-order valence-electron chi connectivity index (χ0n) is 17.4. The van der Waals surface area contributed by atoms with Crippen LogP contribution in [0.4, 0.5) is 5.69 Å². The maximum atomic E-state index is 12.1. The van der Waals surface area contributed by atoms with E-state index in [-0.39, 0.29) is 23.6 Å². The Labute approximate surface area is 193 Å². The van der Waals surface area contributed by atoms with Gasteiger partial charge in [-0.1, -0.05) is 11.6 Å². The van der Waals surface area contributed by atoms with Crippen molar-refractivity contribution in [1.29, 1.82) is 0 Å². The van der Waals surface area contributed by atoms with E-state index in [0.717, 1.165) is 5.56 Å². The number of carbonyl (C=O) groups excluding carboxylic acids is 2. The van der Waals surface area contributed by atoms with Gasteiger partial charge in [-0.05, 0) is 72.6 Å². The van der Waals surface area contributed by atoms with Gasteiger partial charge in [0.15, 0.2) is 6.61 Å². The zero-order valence-corrected chi connectivity index (χ0v) is 18.1. The van der Waals surface area contributed by atoms with Crippen molar-refractivity contribution in [3.05, 3.63) is 98.6 Å². The fraction of sp³-hybridized carbons (Fsp3) is 0.0870. The second-order valence-electron chi connectivity index (χ2n) is 6.76. The number of aryl methyl sites for hydroxylation is 1. The number of halogens is 1. The average Bonchev–Trinajstić information content (AvgIpc) is 2.81. The van der Waals surface area contributed by atoms with Gasteiger partial charge in [0.2, 0.25) is 0 Å². The highest BCUT2D eigenvalue weighted by Crippen LogP contribution is 2.21. The van der Waals surface area contributed by atoms with Crippen molar-refractivity contribution in [2.75, 3.05) is 6.61 Å². The fourth-order valence-corrected chi connectivity index (χ4v) is 2.69. The number of ether oxygens (including phenoxy) is 2. The number of hydrogen-bond acceptors (Lipinski definition) is 7. The van der Waals surface area contributed by atoms with Crippen molar-refractivity contribution in [3.8, 4) is 11.5 Å². The largest absolute Gasteiger partial charge is 0.484 e. The third-order valence-corrected chi connectivity index (χ3v) is 4.73. The van der Waals surface area contributed by atoms with Crippen LogP contribution in [0, 0.1) is 17.0 Å². The Hall–Kier alpha value is -4.24. The highest BCUT2D eigenvalue weighted by molar-refractivity contribution is 6.31. The van der Waals surface area contributed by atoms with Gasteiger partial charge < -0.3 is 9.47 Å². The lowest BCUT2D eigenvalue weighted by atomic mass is 10.2. The van der Waals surface area contributed by atoms with E-state index in [1.807, 2.05) is 6.92 Å². The number of nitrogens with one attached hydrogen (secondary N) is 1. The minimum Gasteiger partial charge on any atom is -0.484 e. The Morgan fingerprint density at radius 3 is 2.36 bits per heavy atom. The molecule has 0 unspecified atom stereocenters. The predicted molar refractivity (Wildman–Crippen MR) is 122 cm³/mol. The van der Waals surface area contributed by atoms with Gasteiger partial charge in [-0.25, -0.2) is 10.2 Å². The van der Waals surface area contributed by atoms with E-state index < -0.39 is 16.8 Å². The molecule has 0 heterocycles. The van der Waals surface area contributed by atoms with E-state index in [9.17, 15) is 19.7 Å². The Morgan fingerprint density at radius 2 is 1.73 bits per heavy atom. The summed E-state index contributed by atoms with van der Waals surface area (Å²) in [5, 5.41) is 15.1. The summed E-state index contributed by atoms with van der Waals surface area (Å²) in [6.07, 6.45) is 1.42. The number of hydrogen-bond donors (Lipinski definition) is 1. The highest BCUT2D eigenvalue weighted by atomic mass is 35.5. The molecule has 3 rings (SSSR count). The van der Waals surface area contributed by atoms with E-state index in [1.165, 1.54) is 30.5 Å². The molecule has 3 aromatic rings. The van der Waals surface area contributed by atoms with E-state index >= 15 is 0 Å². The fourth-order valence-electron chi connectivity index (χ4n) is 2.57. The first-order valence-corrected chi connectivity index (χ1v) is 9.97. The molecule has 0 fully saturated rings. The molecule has 33 heavy (non-hydrogen) atoms. The number of non-ortho nitro benzene ring substituents is 1. The van der Waals surface area contributed by atoms with Crippen LogP contribution in [-0.2, 0) is 4.79 Å². The van der Waals surface area contributed by atoms with Gasteiger partial charge >= 0.3 is 5.97 Å². The summed E-state index contributed by atoms with van der Waals surface area (Å²) >= 11 is 5.95. The number of nitro groups is 1. The monoisotopic (exact) mass is 467 g/mol. The Balaban J connectivity index is 1.47. The van der Waals surface area contributed by atoms with Crippen LogP contribution in [0.5, 0.6) is 11.5 Å². The summed E-state index contributed by atoms with van der Waals surface area (Å²) in [5.74, 6) is -0.275. The van der Waals surface area contributed by atoms with Gasteiger partial charge in [-0.2, -0.15) is 5.10 Å². The first-order chi connectivity index (χ1) is 15.8. The number of esters is 1. The molecule has 0 saturated heterocycles. The number of rotatable bonds is 8. The maximum Gasteiger partial charge on any atom is 0.343 e. The maximum absolute atomic E-state index is 12.1. The molecule has 1 amide bonds. The van der Waals surface area contributed by atoms with Crippen molar-refractivity contribution in [3.63, 3.8) is 0 Å². The number of hydrazone groups is 1. The van der Waals surface area contributed by atoms with Crippen molar-refractivity contribution in [1.82, 2.24) is 5.43 Å². The van der Waals surface area contributed by atoms with Crippen LogP contribution in [0.2, 0.25) is 5.02 Å². The van der Waals surface area contributed by atoms with Gasteiger partial charge in [0.05, 0.1) is 16.7 Å². The van der Waals surface area contributed by atoms with E-state index in [4.69, 9.17) is 21.1 Å². The third-order valence-electron chi connectivity index (χ3n) is 4.31.